The lowest BCUT2D eigenvalue weighted by atomic mass is 10.2. The largest absolute Gasteiger partial charge is 0.383 e. The van der Waals surface area contributed by atoms with Crippen molar-refractivity contribution in [2.45, 2.75) is 38.3 Å². The summed E-state index contributed by atoms with van der Waals surface area (Å²) >= 11 is 0. The van der Waals surface area contributed by atoms with Crippen LogP contribution in [0.5, 0.6) is 0 Å². The van der Waals surface area contributed by atoms with E-state index in [0.29, 0.717) is 6.04 Å². The molecule has 2 fully saturated rings. The van der Waals surface area contributed by atoms with Crippen LogP contribution in [0.4, 0.5) is 0 Å². The first kappa shape index (κ1) is 14.3. The molecule has 0 aromatic heterocycles. The molecule has 1 saturated carbocycles. The van der Waals surface area contributed by atoms with Crippen LogP contribution in [0.3, 0.4) is 0 Å². The fourth-order valence-corrected chi connectivity index (χ4v) is 2.79. The van der Waals surface area contributed by atoms with Crippen LogP contribution in [-0.4, -0.2) is 74.9 Å². The summed E-state index contributed by atoms with van der Waals surface area (Å²) in [4.78, 5) is 5.26. The summed E-state index contributed by atoms with van der Waals surface area (Å²) in [6.07, 6.45) is 4.06. The third-order valence-electron chi connectivity index (χ3n) is 4.00. The molecule has 4 heteroatoms. The summed E-state index contributed by atoms with van der Waals surface area (Å²) in [5.74, 6) is 0. The van der Waals surface area contributed by atoms with Gasteiger partial charge in [0, 0.05) is 51.9 Å². The Morgan fingerprint density at radius 2 is 1.94 bits per heavy atom. The minimum Gasteiger partial charge on any atom is -0.383 e. The number of nitrogens with one attached hydrogen (secondary N) is 1. The number of ether oxygens (including phenoxy) is 1. The van der Waals surface area contributed by atoms with Gasteiger partial charge >= 0.3 is 0 Å². The predicted octanol–water partition coefficient (Wildman–Crippen LogP) is 0.781. The summed E-state index contributed by atoms with van der Waals surface area (Å²) in [5.41, 5.74) is 0. The van der Waals surface area contributed by atoms with E-state index in [1.807, 2.05) is 0 Å². The molecule has 2 aliphatic rings. The second-order valence-corrected chi connectivity index (χ2v) is 5.67. The molecular weight excluding hydrogens is 226 g/mol. The molecule has 1 saturated heterocycles. The van der Waals surface area contributed by atoms with Crippen LogP contribution in [0.2, 0.25) is 0 Å². The molecule has 2 rings (SSSR count). The quantitative estimate of drug-likeness (QED) is 0.694. The second-order valence-electron chi connectivity index (χ2n) is 5.67. The number of rotatable bonds is 8. The fraction of sp³-hybridized carbons (Fsp3) is 1.00. The Labute approximate surface area is 112 Å². The molecule has 18 heavy (non-hydrogen) atoms. The zero-order valence-corrected chi connectivity index (χ0v) is 12.0. The van der Waals surface area contributed by atoms with Crippen LogP contribution in [0, 0.1) is 0 Å². The van der Waals surface area contributed by atoms with Crippen molar-refractivity contribution in [3.63, 3.8) is 0 Å². The first-order valence-corrected chi connectivity index (χ1v) is 7.52. The highest BCUT2D eigenvalue weighted by molar-refractivity contribution is 4.88. The highest BCUT2D eigenvalue weighted by atomic mass is 16.5. The van der Waals surface area contributed by atoms with Crippen LogP contribution in [0.15, 0.2) is 0 Å². The molecule has 1 N–H and O–H groups in total. The van der Waals surface area contributed by atoms with E-state index >= 15 is 0 Å². The molecule has 106 valence electrons. The molecule has 1 aliphatic carbocycles. The molecule has 0 bridgehead atoms. The Hall–Kier alpha value is -0.160. The zero-order chi connectivity index (χ0) is 12.8. The third kappa shape index (κ3) is 4.50. The number of hydrogen-bond donors (Lipinski definition) is 1. The summed E-state index contributed by atoms with van der Waals surface area (Å²) in [5, 5.41) is 3.58. The second kappa shape index (κ2) is 7.43. The highest BCUT2D eigenvalue weighted by Crippen LogP contribution is 2.27. The monoisotopic (exact) mass is 255 g/mol. The van der Waals surface area contributed by atoms with Crippen LogP contribution < -0.4 is 5.32 Å². The van der Waals surface area contributed by atoms with Gasteiger partial charge in [0.05, 0.1) is 6.61 Å². The van der Waals surface area contributed by atoms with Crippen molar-refractivity contribution in [3.8, 4) is 0 Å². The van der Waals surface area contributed by atoms with Crippen LogP contribution in [0.1, 0.15) is 26.2 Å². The molecule has 4 nitrogen and oxygen atoms in total. The molecule has 0 radical (unpaired) electrons. The normalized spacial score (nSPS) is 24.3. The van der Waals surface area contributed by atoms with E-state index in [1.165, 1.54) is 45.4 Å². The highest BCUT2D eigenvalue weighted by Gasteiger charge is 2.31. The molecule has 1 atom stereocenters. The first-order valence-electron chi connectivity index (χ1n) is 7.52. The maximum Gasteiger partial charge on any atom is 0.0628 e. The van der Waals surface area contributed by atoms with Crippen molar-refractivity contribution < 1.29 is 4.74 Å². The van der Waals surface area contributed by atoms with E-state index in [2.05, 4.69) is 22.0 Å². The van der Waals surface area contributed by atoms with Crippen LogP contribution >= 0.6 is 0 Å². The number of nitrogens with zero attached hydrogens (tertiary/aromatic N) is 2. The van der Waals surface area contributed by atoms with E-state index in [9.17, 15) is 0 Å². The maximum atomic E-state index is 5.31. The van der Waals surface area contributed by atoms with Gasteiger partial charge in [-0.3, -0.25) is 9.80 Å². The lowest BCUT2D eigenvalue weighted by Crippen LogP contribution is -2.52. The summed E-state index contributed by atoms with van der Waals surface area (Å²) < 4.78 is 5.31. The average Bonchev–Trinajstić information content (AvgIpc) is 3.21. The van der Waals surface area contributed by atoms with Gasteiger partial charge in [0.15, 0.2) is 0 Å². The molecule has 0 aromatic rings. The van der Waals surface area contributed by atoms with Gasteiger partial charge < -0.3 is 10.1 Å². The standard InChI is InChI=1S/C14H29N3O/c1-3-6-15-13(12-18-2)11-16-7-9-17(10-8-16)14-4-5-14/h13-15H,3-12H2,1-2H3. The van der Waals surface area contributed by atoms with Gasteiger partial charge in [-0.2, -0.15) is 0 Å². The average molecular weight is 255 g/mol. The molecule has 0 spiro atoms. The smallest absolute Gasteiger partial charge is 0.0628 e. The van der Waals surface area contributed by atoms with Crippen LogP contribution in [-0.2, 0) is 4.74 Å². The van der Waals surface area contributed by atoms with E-state index in [4.69, 9.17) is 4.74 Å². The minimum absolute atomic E-state index is 0.488. The van der Waals surface area contributed by atoms with Gasteiger partial charge in [-0.05, 0) is 25.8 Å². The predicted molar refractivity (Wildman–Crippen MR) is 75.0 cm³/mol. The van der Waals surface area contributed by atoms with Gasteiger partial charge in [0.2, 0.25) is 0 Å². The van der Waals surface area contributed by atoms with Gasteiger partial charge in [0.25, 0.3) is 0 Å². The van der Waals surface area contributed by atoms with E-state index < -0.39 is 0 Å². The van der Waals surface area contributed by atoms with Gasteiger partial charge in [-0.1, -0.05) is 6.92 Å². The number of methoxy groups -OCH3 is 1. The Morgan fingerprint density at radius 1 is 1.22 bits per heavy atom. The van der Waals surface area contributed by atoms with Gasteiger partial charge in [0.1, 0.15) is 0 Å². The van der Waals surface area contributed by atoms with Crippen molar-refractivity contribution >= 4 is 0 Å². The van der Waals surface area contributed by atoms with Crippen molar-refractivity contribution in [3.05, 3.63) is 0 Å². The lowest BCUT2D eigenvalue weighted by molar-refractivity contribution is 0.0947. The topological polar surface area (TPSA) is 27.7 Å². The molecule has 0 amide bonds. The molecule has 1 unspecified atom stereocenters. The van der Waals surface area contributed by atoms with E-state index in [1.54, 1.807) is 7.11 Å². The van der Waals surface area contributed by atoms with Crippen molar-refractivity contribution in [2.75, 3.05) is 53.0 Å². The molecule has 0 aromatic carbocycles. The Bertz CT molecular complexity index is 225. The first-order chi connectivity index (χ1) is 8.83. The number of hydrogen-bond acceptors (Lipinski definition) is 4. The van der Waals surface area contributed by atoms with Crippen LogP contribution in [0.25, 0.3) is 0 Å². The van der Waals surface area contributed by atoms with Gasteiger partial charge in [-0.25, -0.2) is 0 Å². The maximum absolute atomic E-state index is 5.31. The van der Waals surface area contributed by atoms with E-state index in [-0.39, 0.29) is 0 Å². The molecule has 1 heterocycles. The molecular formula is C14H29N3O. The Kier molecular flexibility index (Phi) is 5.89. The Balaban J connectivity index is 1.66. The van der Waals surface area contributed by atoms with Crippen molar-refractivity contribution in [2.24, 2.45) is 0 Å². The van der Waals surface area contributed by atoms with Crippen molar-refractivity contribution in [1.29, 1.82) is 0 Å². The minimum atomic E-state index is 0.488. The number of piperazine rings is 1. The zero-order valence-electron chi connectivity index (χ0n) is 12.0. The van der Waals surface area contributed by atoms with E-state index in [0.717, 1.165) is 25.7 Å². The molecule has 1 aliphatic heterocycles. The third-order valence-corrected chi connectivity index (χ3v) is 4.00. The fourth-order valence-electron chi connectivity index (χ4n) is 2.79. The summed E-state index contributed by atoms with van der Waals surface area (Å²) in [7, 11) is 1.80. The SMILES string of the molecule is CCCNC(COC)CN1CCN(C2CC2)CC1. The Morgan fingerprint density at radius 3 is 2.50 bits per heavy atom. The van der Waals surface area contributed by atoms with Crippen molar-refractivity contribution in [1.82, 2.24) is 15.1 Å². The summed E-state index contributed by atoms with van der Waals surface area (Å²) in [6.45, 7) is 10.2. The summed E-state index contributed by atoms with van der Waals surface area (Å²) in [6, 6.07) is 1.42. The van der Waals surface area contributed by atoms with Gasteiger partial charge in [-0.15, -0.1) is 0 Å². The lowest BCUT2D eigenvalue weighted by Gasteiger charge is -2.36.